The van der Waals surface area contributed by atoms with Crippen molar-refractivity contribution < 1.29 is 13.6 Å². The highest BCUT2D eigenvalue weighted by atomic mass is 19.1. The number of aromatic nitrogens is 1. The number of rotatable bonds is 5. The zero-order valence-electron chi connectivity index (χ0n) is 14.0. The van der Waals surface area contributed by atoms with E-state index in [1.165, 1.54) is 18.3 Å². The molecule has 0 aliphatic carbocycles. The molecule has 6 heteroatoms. The number of hydrogen-bond acceptors (Lipinski definition) is 3. The molecule has 1 heterocycles. The van der Waals surface area contributed by atoms with Crippen LogP contribution in [0.5, 0.6) is 0 Å². The Morgan fingerprint density at radius 2 is 1.81 bits per heavy atom. The third-order valence-electron chi connectivity index (χ3n) is 3.87. The summed E-state index contributed by atoms with van der Waals surface area (Å²) in [6, 6.07) is 15.9. The molecule has 2 aromatic carbocycles. The van der Waals surface area contributed by atoms with Gasteiger partial charge in [0.15, 0.2) is 0 Å². The van der Waals surface area contributed by atoms with Gasteiger partial charge in [0, 0.05) is 23.9 Å². The number of carbonyl (C=O) groups excluding carboxylic acids is 1. The van der Waals surface area contributed by atoms with Crippen LogP contribution in [-0.4, -0.2) is 10.9 Å². The van der Waals surface area contributed by atoms with Gasteiger partial charge in [-0.25, -0.2) is 13.8 Å². The van der Waals surface area contributed by atoms with E-state index in [4.69, 9.17) is 0 Å². The smallest absolute Gasteiger partial charge is 0.255 e. The number of carbonyl (C=O) groups is 1. The maximum atomic E-state index is 13.7. The molecule has 3 rings (SSSR count). The second-order valence-corrected chi connectivity index (χ2v) is 5.78. The first-order valence-electron chi connectivity index (χ1n) is 8.07. The maximum Gasteiger partial charge on any atom is 0.255 e. The number of amides is 1. The van der Waals surface area contributed by atoms with E-state index in [9.17, 15) is 13.6 Å². The first kappa shape index (κ1) is 17.5. The van der Waals surface area contributed by atoms with Crippen molar-refractivity contribution in [2.24, 2.45) is 0 Å². The molecule has 0 aliphatic rings. The minimum Gasteiger partial charge on any atom is -0.364 e. The van der Waals surface area contributed by atoms with Gasteiger partial charge in [0.25, 0.3) is 5.91 Å². The molecule has 0 saturated heterocycles. The van der Waals surface area contributed by atoms with Crippen molar-refractivity contribution in [3.05, 3.63) is 89.6 Å². The van der Waals surface area contributed by atoms with E-state index in [0.29, 0.717) is 11.4 Å². The summed E-state index contributed by atoms with van der Waals surface area (Å²) < 4.78 is 26.6. The van der Waals surface area contributed by atoms with Gasteiger partial charge in [0.2, 0.25) is 0 Å². The van der Waals surface area contributed by atoms with Crippen molar-refractivity contribution in [3.8, 4) is 0 Å². The van der Waals surface area contributed by atoms with E-state index in [0.717, 1.165) is 17.7 Å². The fraction of sp³-hybridized carbons (Fsp3) is 0.100. The summed E-state index contributed by atoms with van der Waals surface area (Å²) in [5.74, 6) is -1.52. The zero-order valence-corrected chi connectivity index (χ0v) is 14.0. The van der Waals surface area contributed by atoms with Crippen LogP contribution in [0.3, 0.4) is 0 Å². The number of halogens is 2. The molecule has 3 aromatic rings. The van der Waals surface area contributed by atoms with Crippen LogP contribution in [0.1, 0.15) is 28.9 Å². The van der Waals surface area contributed by atoms with E-state index in [1.807, 2.05) is 37.3 Å². The lowest BCUT2D eigenvalue weighted by molar-refractivity contribution is 0.102. The van der Waals surface area contributed by atoms with Gasteiger partial charge in [-0.1, -0.05) is 30.3 Å². The highest BCUT2D eigenvalue weighted by Crippen LogP contribution is 2.20. The summed E-state index contributed by atoms with van der Waals surface area (Å²) >= 11 is 0. The monoisotopic (exact) mass is 353 g/mol. The maximum absolute atomic E-state index is 13.7. The van der Waals surface area contributed by atoms with Gasteiger partial charge in [-0.15, -0.1) is 0 Å². The van der Waals surface area contributed by atoms with Crippen LogP contribution in [0.2, 0.25) is 0 Å². The van der Waals surface area contributed by atoms with Gasteiger partial charge in [0.1, 0.15) is 17.5 Å². The van der Waals surface area contributed by atoms with Crippen molar-refractivity contribution in [3.63, 3.8) is 0 Å². The third-order valence-corrected chi connectivity index (χ3v) is 3.87. The largest absolute Gasteiger partial charge is 0.364 e. The molecule has 0 aliphatic heterocycles. The fourth-order valence-electron chi connectivity index (χ4n) is 2.48. The van der Waals surface area contributed by atoms with Crippen LogP contribution in [0, 0.1) is 11.6 Å². The lowest BCUT2D eigenvalue weighted by Gasteiger charge is -2.15. The quantitative estimate of drug-likeness (QED) is 0.694. The Kier molecular flexibility index (Phi) is 5.22. The standard InChI is InChI=1S/C20H17F2N3O/c1-13(14-5-3-2-4-6-14)24-19-11-15(9-10-23-19)20(26)25-18-8-7-16(21)12-17(18)22/h2-13H,1H3,(H,23,24)(H,25,26). The van der Waals surface area contributed by atoms with E-state index < -0.39 is 17.5 Å². The number of anilines is 2. The fourth-order valence-corrected chi connectivity index (χ4v) is 2.48. The Morgan fingerprint density at radius 3 is 2.54 bits per heavy atom. The van der Waals surface area contributed by atoms with Crippen molar-refractivity contribution in [1.29, 1.82) is 0 Å². The second-order valence-electron chi connectivity index (χ2n) is 5.78. The molecule has 0 saturated carbocycles. The first-order chi connectivity index (χ1) is 12.5. The van der Waals surface area contributed by atoms with Crippen LogP contribution in [0.25, 0.3) is 0 Å². The summed E-state index contributed by atoms with van der Waals surface area (Å²) in [5.41, 5.74) is 1.31. The number of benzene rings is 2. The highest BCUT2D eigenvalue weighted by molar-refractivity contribution is 6.04. The normalized spacial score (nSPS) is 11.7. The molecule has 1 atom stereocenters. The Bertz CT molecular complexity index is 916. The van der Waals surface area contributed by atoms with Crippen molar-refractivity contribution in [2.75, 3.05) is 10.6 Å². The zero-order chi connectivity index (χ0) is 18.5. The molecule has 1 aromatic heterocycles. The highest BCUT2D eigenvalue weighted by Gasteiger charge is 2.12. The van der Waals surface area contributed by atoms with Gasteiger partial charge in [-0.2, -0.15) is 0 Å². The number of nitrogens with one attached hydrogen (secondary N) is 2. The predicted molar refractivity (Wildman–Crippen MR) is 97.0 cm³/mol. The average molecular weight is 353 g/mol. The Labute approximate surface area is 149 Å². The molecule has 0 fully saturated rings. The van der Waals surface area contributed by atoms with Gasteiger partial charge in [-0.05, 0) is 36.8 Å². The van der Waals surface area contributed by atoms with E-state index in [2.05, 4.69) is 15.6 Å². The summed E-state index contributed by atoms with van der Waals surface area (Å²) in [6.45, 7) is 1.98. The first-order valence-corrected chi connectivity index (χ1v) is 8.07. The molecule has 0 radical (unpaired) electrons. The number of nitrogens with zero attached hydrogens (tertiary/aromatic N) is 1. The molecule has 26 heavy (non-hydrogen) atoms. The molecule has 2 N–H and O–H groups in total. The molecule has 1 amide bonds. The minimum atomic E-state index is -0.830. The van der Waals surface area contributed by atoms with Crippen LogP contribution in [0.4, 0.5) is 20.3 Å². The molecule has 1 unspecified atom stereocenters. The summed E-state index contributed by atoms with van der Waals surface area (Å²) in [7, 11) is 0. The van der Waals surface area contributed by atoms with Crippen LogP contribution in [0.15, 0.2) is 66.9 Å². The summed E-state index contributed by atoms with van der Waals surface area (Å²) in [5, 5.41) is 5.65. The average Bonchev–Trinajstić information content (AvgIpc) is 2.65. The topological polar surface area (TPSA) is 54.0 Å². The van der Waals surface area contributed by atoms with E-state index >= 15 is 0 Å². The van der Waals surface area contributed by atoms with Crippen molar-refractivity contribution >= 4 is 17.4 Å². The van der Waals surface area contributed by atoms with Crippen molar-refractivity contribution in [2.45, 2.75) is 13.0 Å². The van der Waals surface area contributed by atoms with Gasteiger partial charge < -0.3 is 10.6 Å². The molecule has 0 spiro atoms. The molecule has 132 valence electrons. The van der Waals surface area contributed by atoms with Gasteiger partial charge >= 0.3 is 0 Å². The summed E-state index contributed by atoms with van der Waals surface area (Å²) in [6.07, 6.45) is 1.50. The Hall–Kier alpha value is -3.28. The number of pyridine rings is 1. The SMILES string of the molecule is CC(Nc1cc(C(=O)Nc2ccc(F)cc2F)ccn1)c1ccccc1. The van der Waals surface area contributed by atoms with E-state index in [-0.39, 0.29) is 11.7 Å². The van der Waals surface area contributed by atoms with Crippen molar-refractivity contribution in [1.82, 2.24) is 4.98 Å². The number of hydrogen-bond donors (Lipinski definition) is 2. The third kappa shape index (κ3) is 4.22. The van der Waals surface area contributed by atoms with Crippen LogP contribution >= 0.6 is 0 Å². The Balaban J connectivity index is 1.73. The molecule has 4 nitrogen and oxygen atoms in total. The van der Waals surface area contributed by atoms with Crippen LogP contribution < -0.4 is 10.6 Å². The lowest BCUT2D eigenvalue weighted by atomic mass is 10.1. The van der Waals surface area contributed by atoms with Gasteiger partial charge in [-0.3, -0.25) is 4.79 Å². The predicted octanol–water partition coefficient (Wildman–Crippen LogP) is 4.79. The Morgan fingerprint density at radius 1 is 1.04 bits per heavy atom. The minimum absolute atomic E-state index is 0.00319. The second kappa shape index (κ2) is 7.74. The molecular formula is C20H17F2N3O. The van der Waals surface area contributed by atoms with Crippen LogP contribution in [-0.2, 0) is 0 Å². The molecular weight excluding hydrogens is 336 g/mol. The molecule has 0 bridgehead atoms. The van der Waals surface area contributed by atoms with Gasteiger partial charge in [0.05, 0.1) is 5.69 Å². The van der Waals surface area contributed by atoms with E-state index in [1.54, 1.807) is 6.07 Å². The summed E-state index contributed by atoms with van der Waals surface area (Å²) in [4.78, 5) is 16.5. The lowest BCUT2D eigenvalue weighted by Crippen LogP contribution is -2.14.